The van der Waals surface area contributed by atoms with E-state index in [0.29, 0.717) is 26.3 Å². The Morgan fingerprint density at radius 3 is 2.03 bits per heavy atom. The number of rotatable bonds is 7. The van der Waals surface area contributed by atoms with Crippen molar-refractivity contribution in [1.29, 1.82) is 0 Å². The Labute approximate surface area is 214 Å². The van der Waals surface area contributed by atoms with Crippen molar-refractivity contribution in [2.45, 2.75) is 25.8 Å². The second-order valence-electron chi connectivity index (χ2n) is 6.96. The van der Waals surface area contributed by atoms with E-state index < -0.39 is 27.3 Å². The molecule has 12 heteroatoms. The van der Waals surface area contributed by atoms with Gasteiger partial charge in [0.1, 0.15) is 0 Å². The molecule has 0 radical (unpaired) electrons. The zero-order valence-electron chi connectivity index (χ0n) is 17.3. The van der Waals surface area contributed by atoms with Gasteiger partial charge in [0.25, 0.3) is 0 Å². The summed E-state index contributed by atoms with van der Waals surface area (Å²) in [6.07, 6.45) is 0.0295. The minimum Gasteiger partial charge on any atom is -0.748 e. The summed E-state index contributed by atoms with van der Waals surface area (Å²) in [7, 11) is -4.29. The van der Waals surface area contributed by atoms with Crippen LogP contribution in [-0.4, -0.2) is 39.9 Å². The second kappa shape index (κ2) is 12.8. The van der Waals surface area contributed by atoms with E-state index in [1.807, 2.05) is 6.07 Å². The van der Waals surface area contributed by atoms with Crippen LogP contribution in [0.25, 0.3) is 0 Å². The van der Waals surface area contributed by atoms with Crippen LogP contribution in [0.1, 0.15) is 35.3 Å². The molecular weight excluding hydrogens is 476 g/mol. The van der Waals surface area contributed by atoms with Gasteiger partial charge in [-0.3, -0.25) is 9.59 Å². The number of nitrogens with zero attached hydrogens (tertiary/aromatic N) is 1. The summed E-state index contributed by atoms with van der Waals surface area (Å²) < 4.78 is 31.4. The average Bonchev–Trinajstić information content (AvgIpc) is 2.62. The maximum Gasteiger partial charge on any atom is 1.00 e. The molecule has 8 nitrogen and oxygen atoms in total. The fourth-order valence-corrected chi connectivity index (χ4v) is 3.63. The molecule has 2 aromatic rings. The van der Waals surface area contributed by atoms with Crippen LogP contribution >= 0.6 is 23.6 Å². The molecule has 164 valence electrons. The summed E-state index contributed by atoms with van der Waals surface area (Å²) in [4.78, 5) is 23.3. The maximum atomic E-state index is 12.3. The van der Waals surface area contributed by atoms with Crippen LogP contribution in [0.15, 0.2) is 48.5 Å². The third-order valence-corrected chi connectivity index (χ3v) is 5.80. The third-order valence-electron chi connectivity index (χ3n) is 3.83. The number of carbonyl (C=O) groups is 2. The van der Waals surface area contributed by atoms with Crippen LogP contribution in [0.4, 0.5) is 5.69 Å². The predicted octanol–water partition coefficient (Wildman–Crippen LogP) is -0.549. The van der Waals surface area contributed by atoms with E-state index in [1.54, 1.807) is 42.5 Å². The Morgan fingerprint density at radius 1 is 1.06 bits per heavy atom. The molecule has 0 unspecified atom stereocenters. The van der Waals surface area contributed by atoms with E-state index in [4.69, 9.17) is 35.0 Å². The Balaban J connectivity index is 0.000000650. The first-order valence-electron chi connectivity index (χ1n) is 8.55. The van der Waals surface area contributed by atoms with Crippen LogP contribution < -0.4 is 41.0 Å². The van der Waals surface area contributed by atoms with Crippen molar-refractivity contribution in [2.75, 3.05) is 11.5 Å². The molecule has 0 heterocycles. The van der Waals surface area contributed by atoms with Crippen molar-refractivity contribution in [2.24, 2.45) is 5.73 Å². The molecule has 0 aromatic heterocycles. The summed E-state index contributed by atoms with van der Waals surface area (Å²) >= 11 is 10.5. The molecule has 0 bridgehead atoms. The molecule has 1 amide bonds. The van der Waals surface area contributed by atoms with Crippen LogP contribution in [-0.2, 0) is 21.3 Å². The predicted molar refractivity (Wildman–Crippen MR) is 116 cm³/mol. The number of anilines is 1. The molecule has 2 rings (SSSR count). The summed E-state index contributed by atoms with van der Waals surface area (Å²) in [5.41, 5.74) is 11.9. The van der Waals surface area contributed by atoms with Crippen molar-refractivity contribution < 1.29 is 52.1 Å². The van der Waals surface area contributed by atoms with Gasteiger partial charge < -0.3 is 16.0 Å². The Bertz CT molecular complexity index is 1000. The van der Waals surface area contributed by atoms with E-state index in [1.165, 1.54) is 13.8 Å². The number of nitrogens with two attached hydrogens (primary N) is 2. The smallest absolute Gasteiger partial charge is 0.748 e. The molecule has 4 N–H and O–H groups in total. The number of halogens is 2. The fourth-order valence-electron chi connectivity index (χ4n) is 2.38. The van der Waals surface area contributed by atoms with Crippen LogP contribution in [0.5, 0.6) is 0 Å². The van der Waals surface area contributed by atoms with Crippen LogP contribution in [0, 0.1) is 0 Å². The minimum absolute atomic E-state index is 0. The molecule has 0 fully saturated rings. The van der Waals surface area contributed by atoms with E-state index in [-0.39, 0.29) is 41.8 Å². The standard InChI is InChI=1S/C15H14N2O2.C4H9Cl2NO3S.Na/c16-13(18)9-11-7-4-8-12(14(11)17)15(19)10-5-2-1-3-6-10;1-4(2,7(5)6)3-11(8,9)10;/h1-8H,9,17H2,(H2,16,18);3H2,1-2H3,(H,8,9,10);/q;;+1/p-1. The fraction of sp³-hybridized carbons (Fsp3) is 0.263. The van der Waals surface area contributed by atoms with Gasteiger partial charge >= 0.3 is 29.6 Å². The van der Waals surface area contributed by atoms with Gasteiger partial charge in [-0.25, -0.2) is 8.42 Å². The van der Waals surface area contributed by atoms with Crippen molar-refractivity contribution in [1.82, 2.24) is 3.94 Å². The minimum atomic E-state index is -4.29. The molecule has 0 atom stereocenters. The largest absolute Gasteiger partial charge is 1.00 e. The number of ketones is 1. The number of benzene rings is 2. The van der Waals surface area contributed by atoms with Gasteiger partial charge in [-0.1, -0.05) is 42.5 Å². The number of amides is 1. The van der Waals surface area contributed by atoms with Gasteiger partial charge in [-0.2, -0.15) is 0 Å². The summed E-state index contributed by atoms with van der Waals surface area (Å²) in [6, 6.07) is 13.9. The molecule has 2 aromatic carbocycles. The van der Waals surface area contributed by atoms with E-state index in [9.17, 15) is 22.6 Å². The van der Waals surface area contributed by atoms with E-state index in [2.05, 4.69) is 0 Å². The SMILES string of the molecule is CC(C)(CS(=O)(=O)[O-])N(Cl)Cl.NC(=O)Cc1cccc(C(=O)c2ccccc2)c1N.[Na+]. The number of nitrogen functional groups attached to an aromatic ring is 1. The quantitative estimate of drug-likeness (QED) is 0.171. The van der Waals surface area contributed by atoms with Crippen molar-refractivity contribution in [3.8, 4) is 0 Å². The van der Waals surface area contributed by atoms with Gasteiger partial charge in [0, 0.05) is 16.8 Å². The average molecular weight is 498 g/mol. The summed E-state index contributed by atoms with van der Waals surface area (Å²) in [6.45, 7) is 2.89. The Kier molecular flexibility index (Phi) is 12.3. The molecule has 0 aliphatic heterocycles. The molecule has 0 saturated heterocycles. The van der Waals surface area contributed by atoms with Crippen molar-refractivity contribution in [3.05, 3.63) is 65.2 Å². The third kappa shape index (κ3) is 10.3. The van der Waals surface area contributed by atoms with E-state index in [0.717, 1.165) is 0 Å². The zero-order valence-corrected chi connectivity index (χ0v) is 21.7. The molecular formula is C19H22Cl2N3NaO5S. The molecule has 0 aliphatic carbocycles. The van der Waals surface area contributed by atoms with Gasteiger partial charge in [-0.05, 0) is 49.0 Å². The normalized spacial score (nSPS) is 11.2. The van der Waals surface area contributed by atoms with Crippen molar-refractivity contribution in [3.63, 3.8) is 0 Å². The molecule has 0 saturated carbocycles. The zero-order chi connectivity index (χ0) is 23.1. The Hall–Kier alpha value is -1.17. The monoisotopic (exact) mass is 497 g/mol. The van der Waals surface area contributed by atoms with Crippen LogP contribution in [0.3, 0.4) is 0 Å². The first kappa shape index (κ1) is 29.8. The second-order valence-corrected chi connectivity index (χ2v) is 9.22. The number of primary amides is 1. The summed E-state index contributed by atoms with van der Waals surface area (Å²) in [5.74, 6) is -1.26. The maximum absolute atomic E-state index is 12.3. The summed E-state index contributed by atoms with van der Waals surface area (Å²) in [5, 5.41) is 0. The Morgan fingerprint density at radius 2 is 1.61 bits per heavy atom. The number of hydrogen-bond acceptors (Lipinski definition) is 7. The molecule has 0 aliphatic rings. The van der Waals surface area contributed by atoms with Crippen LogP contribution in [0.2, 0.25) is 0 Å². The number of hydrogen-bond donors (Lipinski definition) is 2. The first-order chi connectivity index (χ1) is 13.7. The molecule has 31 heavy (non-hydrogen) atoms. The van der Waals surface area contributed by atoms with Gasteiger partial charge in [-0.15, -0.1) is 3.94 Å². The van der Waals surface area contributed by atoms with Crippen molar-refractivity contribution >= 4 is 51.0 Å². The first-order valence-corrected chi connectivity index (χ1v) is 10.8. The molecule has 0 spiro atoms. The van der Waals surface area contributed by atoms with Gasteiger partial charge in [0.05, 0.1) is 27.8 Å². The number of carbonyl (C=O) groups excluding carboxylic acids is 2. The van der Waals surface area contributed by atoms with Gasteiger partial charge in [0.2, 0.25) is 5.91 Å². The van der Waals surface area contributed by atoms with Gasteiger partial charge in [0.15, 0.2) is 5.78 Å². The van der Waals surface area contributed by atoms with E-state index >= 15 is 0 Å². The topological polar surface area (TPSA) is 147 Å². The number of para-hydroxylation sites is 1.